The molecule has 0 radical (unpaired) electrons. The van der Waals surface area contributed by atoms with Crippen molar-refractivity contribution in [1.82, 2.24) is 0 Å². The first-order valence-corrected chi connectivity index (χ1v) is 19.9. The fraction of sp³-hybridized carbons (Fsp3) is 0.545. The van der Waals surface area contributed by atoms with E-state index in [4.69, 9.17) is 0 Å². The predicted octanol–water partition coefficient (Wildman–Crippen LogP) is 6.58. The quantitative estimate of drug-likeness (QED) is 0.338. The van der Waals surface area contributed by atoms with Crippen molar-refractivity contribution in [3.8, 4) is 0 Å². The van der Waals surface area contributed by atoms with Gasteiger partial charge in [-0.1, -0.05) is 66.0 Å². The summed E-state index contributed by atoms with van der Waals surface area (Å²) in [5.41, 5.74) is 4.91. The molecule has 0 saturated carbocycles. The van der Waals surface area contributed by atoms with Crippen LogP contribution < -0.4 is 0 Å². The van der Waals surface area contributed by atoms with E-state index in [1.807, 2.05) is 26.8 Å². The minimum atomic E-state index is -1.08. The van der Waals surface area contributed by atoms with Crippen LogP contribution in [0.4, 0.5) is 0 Å². The van der Waals surface area contributed by atoms with Gasteiger partial charge >= 0.3 is 26.8 Å². The average Bonchev–Trinajstić information content (AvgIpc) is 3.04. The second-order valence-electron chi connectivity index (χ2n) is 8.83. The Morgan fingerprint density at radius 3 is 1.58 bits per heavy atom. The molecule has 0 fully saturated rings. The molecule has 0 saturated heterocycles. The van der Waals surface area contributed by atoms with E-state index in [0.717, 1.165) is 0 Å². The van der Waals surface area contributed by atoms with Gasteiger partial charge in [-0.15, -0.1) is 12.5 Å². The summed E-state index contributed by atoms with van der Waals surface area (Å²) in [6.07, 6.45) is 11.6. The van der Waals surface area contributed by atoms with Gasteiger partial charge in [0.25, 0.3) is 0 Å². The molecule has 150 valence electrons. The molecule has 2 rings (SSSR count). The van der Waals surface area contributed by atoms with E-state index in [1.54, 1.807) is 5.20 Å². The van der Waals surface area contributed by atoms with Crippen LogP contribution in [-0.2, 0) is 19.2 Å². The number of hydrogen-bond donors (Lipinski definition) is 0. The summed E-state index contributed by atoms with van der Waals surface area (Å²) in [4.78, 5) is 0. The molecular weight excluding hydrogens is 396 g/mol. The van der Waals surface area contributed by atoms with Gasteiger partial charge in [0.1, 0.15) is 0 Å². The number of hydrogen-bond acceptors (Lipinski definition) is 0. The van der Waals surface area contributed by atoms with E-state index < -0.39 is 16.1 Å². The van der Waals surface area contributed by atoms with Gasteiger partial charge in [-0.3, -0.25) is 12.2 Å². The molecular formula is C22H42Si3Ti-4. The summed E-state index contributed by atoms with van der Waals surface area (Å²) in [5, 5.41) is 1.60. The summed E-state index contributed by atoms with van der Waals surface area (Å²) in [6, 6.07) is 0. The van der Waals surface area contributed by atoms with Crippen LogP contribution in [0.15, 0.2) is 34.1 Å². The summed E-state index contributed by atoms with van der Waals surface area (Å²) >= 11 is 2.03. The summed E-state index contributed by atoms with van der Waals surface area (Å²) in [7, 11) is -0.260. The maximum absolute atomic E-state index is 3.53. The molecule has 2 unspecified atom stereocenters. The first kappa shape index (κ1) is 31.0. The zero-order valence-electron chi connectivity index (χ0n) is 19.5. The first-order chi connectivity index (χ1) is 10.8. The van der Waals surface area contributed by atoms with Crippen LogP contribution >= 0.6 is 0 Å². The van der Waals surface area contributed by atoms with E-state index in [-0.39, 0.29) is 14.9 Å². The fourth-order valence-electron chi connectivity index (χ4n) is 2.58. The van der Waals surface area contributed by atoms with E-state index in [9.17, 15) is 0 Å². The van der Waals surface area contributed by atoms with Gasteiger partial charge in [-0.2, -0.15) is 17.2 Å². The Labute approximate surface area is 181 Å². The van der Waals surface area contributed by atoms with E-state index >= 15 is 0 Å². The van der Waals surface area contributed by atoms with Crippen molar-refractivity contribution in [3.05, 3.63) is 61.1 Å². The van der Waals surface area contributed by atoms with Crippen molar-refractivity contribution in [2.75, 3.05) is 0 Å². The van der Waals surface area contributed by atoms with Crippen molar-refractivity contribution in [2.45, 2.75) is 72.5 Å². The second kappa shape index (κ2) is 12.7. The first-order valence-electron chi connectivity index (χ1n) is 8.78. The Morgan fingerprint density at radius 2 is 1.42 bits per heavy atom. The fourth-order valence-corrected chi connectivity index (χ4v) is 5.20. The molecule has 26 heavy (non-hydrogen) atoms. The monoisotopic (exact) mass is 438 g/mol. The molecule has 2 aliphatic carbocycles. The SMILES string of the molecule is CC1=[C-]C(C)C(C)=C1C.C[Si](C)(C)C1=CC([Si](C)(C)C)[C-]=C1.[CH3-].[CH3-].[SiH2]=[Ti]. The van der Waals surface area contributed by atoms with E-state index in [0.29, 0.717) is 11.5 Å². The van der Waals surface area contributed by atoms with E-state index in [1.165, 1.54) is 16.7 Å². The molecule has 2 aliphatic rings. The van der Waals surface area contributed by atoms with Gasteiger partial charge in [-0.05, 0) is 8.07 Å². The minimum absolute atomic E-state index is 0. The van der Waals surface area contributed by atoms with Crippen LogP contribution in [0, 0.1) is 32.9 Å². The Balaban J connectivity index is -0.000000361. The van der Waals surface area contributed by atoms with Gasteiger partial charge in [0.15, 0.2) is 0 Å². The molecule has 0 aromatic rings. The van der Waals surface area contributed by atoms with Crippen molar-refractivity contribution < 1.29 is 19.2 Å². The molecule has 0 amide bonds. The van der Waals surface area contributed by atoms with Crippen LogP contribution in [0.25, 0.3) is 0 Å². The molecule has 0 spiro atoms. The summed E-state index contributed by atoms with van der Waals surface area (Å²) in [5.74, 6) is 0.560. The Bertz CT molecular complexity index is 555. The van der Waals surface area contributed by atoms with Crippen molar-refractivity contribution in [1.29, 1.82) is 0 Å². The normalized spacial score (nSPS) is 21.3. The third-order valence-electron chi connectivity index (χ3n) is 4.80. The Morgan fingerprint density at radius 1 is 0.962 bits per heavy atom. The molecule has 0 nitrogen and oxygen atoms in total. The molecule has 4 heteroatoms. The van der Waals surface area contributed by atoms with Gasteiger partial charge in [0, 0.05) is 8.07 Å². The third-order valence-corrected chi connectivity index (χ3v) is 9.04. The number of allylic oxidation sites excluding steroid dienone is 8. The van der Waals surface area contributed by atoms with Gasteiger partial charge in [-0.25, -0.2) is 16.8 Å². The Kier molecular flexibility index (Phi) is 15.2. The van der Waals surface area contributed by atoms with Crippen molar-refractivity contribution in [2.24, 2.45) is 5.92 Å². The summed E-state index contributed by atoms with van der Waals surface area (Å²) in [6.45, 7) is 23.1. The predicted molar refractivity (Wildman–Crippen MR) is 128 cm³/mol. The number of rotatable bonds is 2. The zero-order valence-corrected chi connectivity index (χ0v) is 24.5. The molecule has 0 aromatic carbocycles. The van der Waals surface area contributed by atoms with Gasteiger partial charge < -0.3 is 14.9 Å². The van der Waals surface area contributed by atoms with Gasteiger partial charge in [0.2, 0.25) is 0 Å². The van der Waals surface area contributed by atoms with Crippen LogP contribution in [-0.4, -0.2) is 23.8 Å². The molecule has 0 N–H and O–H groups in total. The topological polar surface area (TPSA) is 0 Å². The third kappa shape index (κ3) is 9.50. The zero-order chi connectivity index (χ0) is 19.3. The maximum atomic E-state index is 3.53. The van der Waals surface area contributed by atoms with Crippen molar-refractivity contribution >= 4 is 23.8 Å². The van der Waals surface area contributed by atoms with Crippen LogP contribution in [0.3, 0.4) is 0 Å². The standard InChI is InChI=1S/C11H21Si2.C9H13.2CH3.H2Si.Ti/c1-12(2,3)10-7-8-11(9-10)13(4,5)6;1-6-5-7(2)9(4)8(6)3;;;;/h7,9,11H,1-6H3;6H,1-4H3;2*1H3;1H2;/q4*-1;;. The Hall–Kier alpha value is 0.325. The average molecular weight is 439 g/mol. The van der Waals surface area contributed by atoms with E-state index in [2.05, 4.69) is 91.3 Å². The van der Waals surface area contributed by atoms with Crippen LogP contribution in [0.2, 0.25) is 44.8 Å². The summed E-state index contributed by atoms with van der Waals surface area (Å²) < 4.78 is 0. The van der Waals surface area contributed by atoms with Gasteiger partial charge in [0.05, 0.1) is 0 Å². The molecule has 0 aliphatic heterocycles. The van der Waals surface area contributed by atoms with Crippen LogP contribution in [0.1, 0.15) is 27.7 Å². The van der Waals surface area contributed by atoms with Crippen molar-refractivity contribution in [3.63, 3.8) is 0 Å². The molecule has 0 bridgehead atoms. The second-order valence-corrected chi connectivity index (χ2v) is 19.3. The van der Waals surface area contributed by atoms with Crippen LogP contribution in [0.5, 0.6) is 0 Å². The molecule has 0 heterocycles. The molecule has 2 atom stereocenters. The molecule has 0 aromatic heterocycles.